The van der Waals surface area contributed by atoms with Crippen molar-refractivity contribution >= 4 is 23.9 Å². The molecule has 1 heterocycles. The maximum atomic E-state index is 13.3. The van der Waals surface area contributed by atoms with Crippen LogP contribution in [0.4, 0.5) is 0 Å². The van der Waals surface area contributed by atoms with E-state index < -0.39 is 30.3 Å². The van der Waals surface area contributed by atoms with E-state index in [0.717, 1.165) is 24.3 Å². The molecule has 1 aromatic heterocycles. The highest BCUT2D eigenvalue weighted by Crippen LogP contribution is 2.28. The van der Waals surface area contributed by atoms with Crippen LogP contribution in [0.1, 0.15) is 86.6 Å². The minimum absolute atomic E-state index is 0.0429. The number of hydrogen-bond acceptors (Lipinski definition) is 6. The highest BCUT2D eigenvalue weighted by Gasteiger charge is 2.34. The Hall–Kier alpha value is -3.52. The number of carbonyl (C=O) groups is 3. The van der Waals surface area contributed by atoms with Gasteiger partial charge in [-0.2, -0.15) is 0 Å². The molecule has 8 heteroatoms. The Morgan fingerprint density at radius 1 is 1.05 bits per heavy atom. The first-order valence-electron chi connectivity index (χ1n) is 14.5. The van der Waals surface area contributed by atoms with Crippen molar-refractivity contribution in [3.63, 3.8) is 0 Å². The number of benzene rings is 1. The molecule has 8 nitrogen and oxygen atoms in total. The Labute approximate surface area is 237 Å². The van der Waals surface area contributed by atoms with E-state index >= 15 is 0 Å². The molecule has 0 aliphatic heterocycles. The van der Waals surface area contributed by atoms with E-state index in [0.29, 0.717) is 25.8 Å². The quantitative estimate of drug-likeness (QED) is 0.152. The third kappa shape index (κ3) is 10.2. The van der Waals surface area contributed by atoms with Crippen LogP contribution in [0.15, 0.2) is 54.9 Å². The summed E-state index contributed by atoms with van der Waals surface area (Å²) in [6, 6.07) is 10.0. The molecule has 1 aliphatic carbocycles. The third-order valence-electron chi connectivity index (χ3n) is 7.63. The largest absolute Gasteiger partial charge is 0.425 e. The van der Waals surface area contributed by atoms with Crippen LogP contribution in [0, 0.1) is 17.8 Å². The van der Waals surface area contributed by atoms with Crippen molar-refractivity contribution in [2.24, 2.45) is 23.5 Å². The summed E-state index contributed by atoms with van der Waals surface area (Å²) in [6.07, 6.45) is 18.7. The second-order valence-corrected chi connectivity index (χ2v) is 10.6. The van der Waals surface area contributed by atoms with Gasteiger partial charge in [-0.05, 0) is 55.4 Å². The number of ether oxygens (including phenoxy) is 1. The summed E-state index contributed by atoms with van der Waals surface area (Å²) in [7, 11) is 0. The van der Waals surface area contributed by atoms with Gasteiger partial charge in [-0.1, -0.05) is 75.3 Å². The Morgan fingerprint density at radius 3 is 2.58 bits per heavy atom. The molecule has 1 aromatic carbocycles. The van der Waals surface area contributed by atoms with Gasteiger partial charge in [0, 0.05) is 18.9 Å². The number of nitrogens with one attached hydrogen (secondary N) is 1. The molecule has 3 rings (SSSR count). The first-order valence-corrected chi connectivity index (χ1v) is 14.5. The summed E-state index contributed by atoms with van der Waals surface area (Å²) in [4.78, 5) is 42.4. The van der Waals surface area contributed by atoms with Crippen LogP contribution in [0.2, 0.25) is 0 Å². The Balaban J connectivity index is 1.60. The lowest BCUT2D eigenvalue weighted by Gasteiger charge is -2.24. The average Bonchev–Trinajstić information content (AvgIpc) is 2.97. The molecule has 216 valence electrons. The fraction of sp³-hybridized carbons (Fsp3) is 0.500. The van der Waals surface area contributed by atoms with Gasteiger partial charge in [0.15, 0.2) is 0 Å². The molecule has 1 saturated carbocycles. The zero-order valence-electron chi connectivity index (χ0n) is 23.3. The number of esters is 1. The zero-order valence-corrected chi connectivity index (χ0v) is 23.3. The number of rotatable bonds is 16. The van der Waals surface area contributed by atoms with E-state index in [2.05, 4.69) is 10.3 Å². The Kier molecular flexibility index (Phi) is 13.4. The topological polar surface area (TPSA) is 132 Å². The average molecular weight is 550 g/mol. The lowest BCUT2D eigenvalue weighted by molar-refractivity contribution is -0.146. The Bertz CT molecular complexity index is 1100. The number of nitrogens with zero attached hydrogens (tertiary/aromatic N) is 1. The van der Waals surface area contributed by atoms with E-state index in [1.165, 1.54) is 50.7 Å². The van der Waals surface area contributed by atoms with Gasteiger partial charge in [0.2, 0.25) is 5.91 Å². The molecule has 40 heavy (non-hydrogen) atoms. The van der Waals surface area contributed by atoms with Crippen LogP contribution >= 0.6 is 0 Å². The molecule has 2 aromatic rings. The van der Waals surface area contributed by atoms with E-state index in [1.54, 1.807) is 24.5 Å². The monoisotopic (exact) mass is 549 g/mol. The van der Waals surface area contributed by atoms with Crippen molar-refractivity contribution in [1.82, 2.24) is 10.3 Å². The molecule has 0 radical (unpaired) electrons. The molecular formula is C32H43N3O5. The molecule has 2 unspecified atom stereocenters. The Morgan fingerprint density at radius 2 is 1.85 bits per heavy atom. The number of unbranched alkanes of at least 4 members (excludes halogenated alkanes) is 2. The van der Waals surface area contributed by atoms with Crippen LogP contribution in [-0.4, -0.2) is 41.0 Å². The second-order valence-electron chi connectivity index (χ2n) is 10.6. The zero-order chi connectivity index (χ0) is 28.6. The number of aromatic nitrogens is 1. The third-order valence-corrected chi connectivity index (χ3v) is 7.63. The van der Waals surface area contributed by atoms with Gasteiger partial charge in [0.25, 0.3) is 5.91 Å². The first kappa shape index (κ1) is 31.0. The van der Waals surface area contributed by atoms with Gasteiger partial charge in [-0.25, -0.2) is 0 Å². The number of primary amides is 1. The standard InChI is InChI=1S/C32H43N3O5/c33-30(37)27-18-7-8-19-29(27)40-32(39)26(17-6-2-5-15-25-16-11-20-34-22-25)28(23-36)31(38)35-21-10-9-14-24-12-3-1-4-13-24/h5,7-8,11,15-16,18-20,22,24,26,28,36H,1-4,6,9-10,12-14,17,21,23H2,(H2,33,37)(H,35,38). The van der Waals surface area contributed by atoms with Gasteiger partial charge >= 0.3 is 5.97 Å². The molecule has 1 fully saturated rings. The number of allylic oxidation sites excluding steroid dienone is 1. The lowest BCUT2D eigenvalue weighted by Crippen LogP contribution is -2.41. The maximum Gasteiger partial charge on any atom is 0.315 e. The van der Waals surface area contributed by atoms with Crippen molar-refractivity contribution in [2.45, 2.75) is 70.6 Å². The minimum Gasteiger partial charge on any atom is -0.425 e. The minimum atomic E-state index is -0.964. The number of hydrogen-bond donors (Lipinski definition) is 3. The lowest BCUT2D eigenvalue weighted by atomic mass is 9.86. The molecule has 0 saturated heterocycles. The molecule has 2 atom stereocenters. The highest BCUT2D eigenvalue weighted by atomic mass is 16.5. The summed E-state index contributed by atoms with van der Waals surface area (Å²) in [5, 5.41) is 13.1. The molecule has 2 amide bonds. The van der Waals surface area contributed by atoms with E-state index in [4.69, 9.17) is 10.5 Å². The fourth-order valence-electron chi connectivity index (χ4n) is 5.35. The van der Waals surface area contributed by atoms with E-state index in [-0.39, 0.29) is 17.2 Å². The first-order chi connectivity index (χ1) is 19.5. The van der Waals surface area contributed by atoms with Crippen molar-refractivity contribution in [1.29, 1.82) is 0 Å². The predicted octanol–water partition coefficient (Wildman–Crippen LogP) is 5.06. The van der Waals surface area contributed by atoms with Crippen molar-refractivity contribution in [3.05, 3.63) is 66.0 Å². The van der Waals surface area contributed by atoms with Crippen LogP contribution in [0.3, 0.4) is 0 Å². The van der Waals surface area contributed by atoms with Crippen LogP contribution < -0.4 is 15.8 Å². The smallest absolute Gasteiger partial charge is 0.315 e. The summed E-state index contributed by atoms with van der Waals surface area (Å²) in [6.45, 7) is 0.0127. The number of para-hydroxylation sites is 1. The van der Waals surface area contributed by atoms with Crippen LogP contribution in [-0.2, 0) is 9.59 Å². The fourth-order valence-corrected chi connectivity index (χ4v) is 5.35. The number of pyridine rings is 1. The van der Waals surface area contributed by atoms with Gasteiger partial charge in [0.1, 0.15) is 5.75 Å². The summed E-state index contributed by atoms with van der Waals surface area (Å²) >= 11 is 0. The number of amides is 2. The summed E-state index contributed by atoms with van der Waals surface area (Å²) in [5.41, 5.74) is 6.49. The summed E-state index contributed by atoms with van der Waals surface area (Å²) < 4.78 is 5.58. The van der Waals surface area contributed by atoms with Gasteiger partial charge in [0.05, 0.1) is 24.0 Å². The number of carbonyl (C=O) groups excluding carboxylic acids is 3. The van der Waals surface area contributed by atoms with Gasteiger partial charge < -0.3 is 20.9 Å². The maximum absolute atomic E-state index is 13.3. The number of aliphatic hydroxyl groups is 1. The van der Waals surface area contributed by atoms with Crippen LogP contribution in [0.25, 0.3) is 6.08 Å². The summed E-state index contributed by atoms with van der Waals surface area (Å²) in [5.74, 6) is -2.77. The molecule has 0 spiro atoms. The SMILES string of the molecule is NC(=O)c1ccccc1OC(=O)C(CCCC=Cc1cccnc1)C(CO)C(=O)NCCCCC1CCCCC1. The molecule has 4 N–H and O–H groups in total. The number of aliphatic hydroxyl groups excluding tert-OH is 1. The van der Waals surface area contributed by atoms with Crippen LogP contribution in [0.5, 0.6) is 5.75 Å². The van der Waals surface area contributed by atoms with Crippen molar-refractivity contribution in [3.8, 4) is 5.75 Å². The molecular weight excluding hydrogens is 506 g/mol. The predicted molar refractivity (Wildman–Crippen MR) is 155 cm³/mol. The van der Waals surface area contributed by atoms with Crippen molar-refractivity contribution < 1.29 is 24.2 Å². The normalized spacial score (nSPS) is 15.4. The van der Waals surface area contributed by atoms with E-state index in [9.17, 15) is 19.5 Å². The van der Waals surface area contributed by atoms with E-state index in [1.807, 2.05) is 24.3 Å². The highest BCUT2D eigenvalue weighted by molar-refractivity contribution is 5.96. The molecule has 1 aliphatic rings. The molecule has 0 bridgehead atoms. The van der Waals surface area contributed by atoms with Gasteiger partial charge in [-0.15, -0.1) is 0 Å². The number of nitrogens with two attached hydrogens (primary N) is 1. The van der Waals surface area contributed by atoms with Crippen molar-refractivity contribution in [2.75, 3.05) is 13.2 Å². The second kappa shape index (κ2) is 17.2. The van der Waals surface area contributed by atoms with Gasteiger partial charge in [-0.3, -0.25) is 19.4 Å².